The van der Waals surface area contributed by atoms with Gasteiger partial charge in [-0.05, 0) is 46.5 Å². The molecule has 5 rings (SSSR count). The van der Waals surface area contributed by atoms with E-state index in [-0.39, 0.29) is 75.4 Å². The summed E-state index contributed by atoms with van der Waals surface area (Å²) in [6, 6.07) is -1.09. The third-order valence-corrected chi connectivity index (χ3v) is 12.7. The van der Waals surface area contributed by atoms with Crippen molar-refractivity contribution in [1.82, 2.24) is 0 Å². The molecule has 0 aromatic rings. The Kier molecular flexibility index (Phi) is 22.8. The maximum Gasteiger partial charge on any atom is 0.311 e. The lowest BCUT2D eigenvalue weighted by atomic mass is 9.83. The summed E-state index contributed by atoms with van der Waals surface area (Å²) >= 11 is 0. The van der Waals surface area contributed by atoms with Crippen molar-refractivity contribution in [2.75, 3.05) is 0 Å². The van der Waals surface area contributed by atoms with Crippen LogP contribution in [0, 0.1) is 17.8 Å². The van der Waals surface area contributed by atoms with Crippen LogP contribution in [0.1, 0.15) is 79.1 Å². The summed E-state index contributed by atoms with van der Waals surface area (Å²) in [5.41, 5.74) is 6.04. The summed E-state index contributed by atoms with van der Waals surface area (Å²) in [6.45, 7) is 7.19. The average molecular weight is 922 g/mol. The Morgan fingerprint density at radius 2 is 1.09 bits per heavy atom. The van der Waals surface area contributed by atoms with E-state index in [9.17, 15) is 55.9 Å². The molecule has 5 heterocycles. The van der Waals surface area contributed by atoms with E-state index in [1.165, 1.54) is 0 Å². The molecule has 0 amide bonds. The van der Waals surface area contributed by atoms with Crippen molar-refractivity contribution in [3.8, 4) is 0 Å². The van der Waals surface area contributed by atoms with E-state index in [1.54, 1.807) is 37.3 Å². The van der Waals surface area contributed by atoms with Crippen LogP contribution >= 0.6 is 0 Å². The third-order valence-electron chi connectivity index (χ3n) is 12.7. The Hall–Kier alpha value is -2.95. The standard InChI is InChI=1S/C48H75NO16/c1-27-17-15-13-11-9-7-5-6-8-10-12-14-16-18-34(65-48-46(58)43(49)45(57)30(4)63-48)26-39-42(47(59)60)38(55)25-35(64-39)22-33(52)23-37(54)36(53)20-19-31(50)21-32(51)24-40-61-28(2)41(44(27)56)29(3)62-40/h5-18,27-46,48,50-58H,19-26,49H2,1-4H3,(H,59,60). The molecule has 17 heteroatoms. The number of hydrogen-bond acceptors (Lipinski definition) is 16. The van der Waals surface area contributed by atoms with E-state index in [1.807, 2.05) is 75.5 Å². The molecular weight excluding hydrogens is 847 g/mol. The van der Waals surface area contributed by atoms with Crippen LogP contribution in [-0.4, -0.2) is 167 Å². The number of carboxylic acid groups (broad SMARTS) is 1. The molecule has 19 unspecified atom stereocenters. The molecule has 5 aliphatic heterocycles. The lowest BCUT2D eigenvalue weighted by molar-refractivity contribution is -0.282. The number of ether oxygens (including phenoxy) is 5. The number of allylic oxidation sites excluding steroid dienone is 12. The fourth-order valence-electron chi connectivity index (χ4n) is 8.91. The van der Waals surface area contributed by atoms with Crippen LogP contribution in [0.4, 0.5) is 0 Å². The molecule has 4 bridgehead atoms. The first-order chi connectivity index (χ1) is 30.9. The zero-order chi connectivity index (χ0) is 47.8. The normalized spacial score (nSPS) is 43.9. The molecule has 0 spiro atoms. The summed E-state index contributed by atoms with van der Waals surface area (Å²) in [5, 5.41) is 108. The molecule has 0 aliphatic carbocycles. The molecule has 368 valence electrons. The first-order valence-electron chi connectivity index (χ1n) is 22.9. The van der Waals surface area contributed by atoms with Crippen molar-refractivity contribution >= 4 is 5.97 Å². The van der Waals surface area contributed by atoms with Gasteiger partial charge in [0.05, 0.1) is 91.5 Å². The van der Waals surface area contributed by atoms with Crippen LogP contribution in [0.15, 0.2) is 85.1 Å². The maximum atomic E-state index is 12.5. The fraction of sp³-hybridized carbons (Fsp3) is 0.688. The number of carboxylic acids is 1. The zero-order valence-corrected chi connectivity index (χ0v) is 37.9. The number of nitrogens with two attached hydrogens (primary N) is 1. The monoisotopic (exact) mass is 922 g/mol. The molecule has 12 N–H and O–H groups in total. The van der Waals surface area contributed by atoms with E-state index >= 15 is 0 Å². The summed E-state index contributed by atoms with van der Waals surface area (Å²) in [4.78, 5) is 12.5. The van der Waals surface area contributed by atoms with Gasteiger partial charge < -0.3 is 80.5 Å². The van der Waals surface area contributed by atoms with Crippen LogP contribution in [0.25, 0.3) is 0 Å². The highest BCUT2D eigenvalue weighted by Crippen LogP contribution is 2.35. The van der Waals surface area contributed by atoms with Crippen molar-refractivity contribution in [2.45, 2.75) is 189 Å². The molecule has 0 aromatic heterocycles. The first-order valence-corrected chi connectivity index (χ1v) is 22.9. The maximum absolute atomic E-state index is 12.5. The highest BCUT2D eigenvalue weighted by molar-refractivity contribution is 5.71. The molecule has 0 radical (unpaired) electrons. The van der Waals surface area contributed by atoms with Crippen LogP contribution in [0.3, 0.4) is 0 Å². The van der Waals surface area contributed by atoms with Gasteiger partial charge in [-0.1, -0.05) is 92.0 Å². The van der Waals surface area contributed by atoms with Gasteiger partial charge in [0, 0.05) is 37.5 Å². The number of hydrogen-bond donors (Lipinski definition) is 11. The largest absolute Gasteiger partial charge is 0.481 e. The Morgan fingerprint density at radius 3 is 1.68 bits per heavy atom. The number of aliphatic hydroxyl groups excluding tert-OH is 9. The predicted octanol–water partition coefficient (Wildman–Crippen LogP) is 1.59. The van der Waals surface area contributed by atoms with Crippen molar-refractivity contribution in [1.29, 1.82) is 0 Å². The fourth-order valence-corrected chi connectivity index (χ4v) is 8.91. The smallest absolute Gasteiger partial charge is 0.311 e. The number of fused-ring (bicyclic) bond motifs is 22. The van der Waals surface area contributed by atoms with E-state index in [2.05, 4.69) is 0 Å². The van der Waals surface area contributed by atoms with Gasteiger partial charge in [0.15, 0.2) is 12.6 Å². The zero-order valence-electron chi connectivity index (χ0n) is 37.9. The topological polar surface area (TPSA) is 292 Å². The summed E-state index contributed by atoms with van der Waals surface area (Å²) in [7, 11) is 0. The quantitative estimate of drug-likeness (QED) is 0.192. The summed E-state index contributed by atoms with van der Waals surface area (Å²) in [5.74, 6) is -3.26. The second-order valence-electron chi connectivity index (χ2n) is 18.0. The molecule has 65 heavy (non-hydrogen) atoms. The van der Waals surface area contributed by atoms with Crippen LogP contribution in [0.5, 0.6) is 0 Å². The van der Waals surface area contributed by atoms with Crippen molar-refractivity contribution in [2.24, 2.45) is 23.5 Å². The van der Waals surface area contributed by atoms with Gasteiger partial charge in [-0.25, -0.2) is 0 Å². The van der Waals surface area contributed by atoms with E-state index in [0.717, 1.165) is 0 Å². The summed E-state index contributed by atoms with van der Waals surface area (Å²) < 4.78 is 30.2. The Bertz CT molecular complexity index is 1620. The number of rotatable bonds is 3. The van der Waals surface area contributed by atoms with Crippen LogP contribution in [0.2, 0.25) is 0 Å². The highest BCUT2D eigenvalue weighted by Gasteiger charge is 2.46. The molecular formula is C48H75NO16. The van der Waals surface area contributed by atoms with Gasteiger partial charge in [-0.2, -0.15) is 0 Å². The first kappa shape index (κ1) is 54.7. The van der Waals surface area contributed by atoms with Crippen LogP contribution in [-0.2, 0) is 28.5 Å². The van der Waals surface area contributed by atoms with E-state index in [4.69, 9.17) is 29.4 Å². The Labute approximate surface area is 382 Å². The lowest BCUT2D eigenvalue weighted by Crippen LogP contribution is -2.61. The van der Waals surface area contributed by atoms with Crippen molar-refractivity contribution < 1.29 is 79.5 Å². The molecule has 3 fully saturated rings. The van der Waals surface area contributed by atoms with E-state index < -0.39 is 110 Å². The molecule has 17 nitrogen and oxygen atoms in total. The highest BCUT2D eigenvalue weighted by atomic mass is 16.7. The van der Waals surface area contributed by atoms with Gasteiger partial charge in [-0.3, -0.25) is 4.79 Å². The molecule has 0 aromatic carbocycles. The molecule has 19 atom stereocenters. The number of carbonyl (C=O) groups is 1. The summed E-state index contributed by atoms with van der Waals surface area (Å²) in [6.07, 6.45) is 7.02. The lowest BCUT2D eigenvalue weighted by Gasteiger charge is -2.43. The van der Waals surface area contributed by atoms with Gasteiger partial charge in [0.2, 0.25) is 0 Å². The van der Waals surface area contributed by atoms with Crippen LogP contribution < -0.4 is 5.73 Å². The SMILES string of the molecule is CC1C=CC=CC=CC=CC=CC=CC=CC(OC2OC(C)C(O)C(N)C2O)CC2OC(CC(O)CC(O)C(O)CCC(O)CC(O)CC3OC(C)C(C(C)O3)C1O)CC(O)C2C(=O)O. The minimum absolute atomic E-state index is 0.0292. The van der Waals surface area contributed by atoms with E-state index in [0.29, 0.717) is 0 Å². The molecule has 5 aliphatic rings. The van der Waals surface area contributed by atoms with Gasteiger partial charge >= 0.3 is 5.97 Å². The Morgan fingerprint density at radius 1 is 0.538 bits per heavy atom. The Balaban J connectivity index is 1.52. The predicted molar refractivity (Wildman–Crippen MR) is 239 cm³/mol. The second kappa shape index (κ2) is 27.1. The number of aliphatic hydroxyl groups is 9. The molecule has 3 saturated heterocycles. The molecule has 0 saturated carbocycles. The minimum Gasteiger partial charge on any atom is -0.481 e. The van der Waals surface area contributed by atoms with Gasteiger partial charge in [0.25, 0.3) is 0 Å². The van der Waals surface area contributed by atoms with Gasteiger partial charge in [-0.15, -0.1) is 0 Å². The van der Waals surface area contributed by atoms with Crippen molar-refractivity contribution in [3.05, 3.63) is 85.1 Å². The minimum atomic E-state index is -1.43. The van der Waals surface area contributed by atoms with Crippen molar-refractivity contribution in [3.63, 3.8) is 0 Å². The third kappa shape index (κ3) is 17.3. The second-order valence-corrected chi connectivity index (χ2v) is 18.0. The average Bonchev–Trinajstić information content (AvgIpc) is 3.22. The number of aliphatic carboxylic acids is 1. The van der Waals surface area contributed by atoms with Gasteiger partial charge in [0.1, 0.15) is 12.0 Å².